The third-order valence-electron chi connectivity index (χ3n) is 5.98. The van der Waals surface area contributed by atoms with E-state index < -0.39 is 0 Å². The number of likely N-dealkylation sites (tertiary alicyclic amines) is 1. The summed E-state index contributed by atoms with van der Waals surface area (Å²) in [7, 11) is 3.84. The van der Waals surface area contributed by atoms with Crippen LogP contribution in [0.25, 0.3) is 10.8 Å². The van der Waals surface area contributed by atoms with Gasteiger partial charge in [0.15, 0.2) is 0 Å². The molecular weight excluding hydrogens is 410 g/mol. The molecular formula is C24H29N3O3S. The van der Waals surface area contributed by atoms with Crippen molar-refractivity contribution in [3.8, 4) is 16.5 Å². The zero-order valence-electron chi connectivity index (χ0n) is 18.3. The van der Waals surface area contributed by atoms with Gasteiger partial charge >= 0.3 is 0 Å². The van der Waals surface area contributed by atoms with Crippen LogP contribution in [0.15, 0.2) is 46.2 Å². The molecule has 2 atom stereocenters. The Hall–Kier alpha value is -2.64. The van der Waals surface area contributed by atoms with Crippen LogP contribution < -0.4 is 10.1 Å². The van der Waals surface area contributed by atoms with Gasteiger partial charge in [0.2, 0.25) is 11.8 Å². The quantitative estimate of drug-likeness (QED) is 0.589. The summed E-state index contributed by atoms with van der Waals surface area (Å²) < 4.78 is 11.1. The molecule has 1 aliphatic rings. The standard InChI is InChI=1S/C24H29N3O3S/c1-16-20(26-24(30-16)21-7-5-13-31-21)14-22(28)25-15-18-6-4-12-27(2)23(18)17-8-10-19(29-3)11-9-17/h5,7-11,13,18,23H,4,6,12,14-15H2,1-3H3,(H,25,28). The molecule has 3 aromatic rings. The van der Waals surface area contributed by atoms with Crippen molar-refractivity contribution in [1.29, 1.82) is 0 Å². The lowest BCUT2D eigenvalue weighted by atomic mass is 9.85. The molecule has 7 heteroatoms. The van der Waals surface area contributed by atoms with Crippen molar-refractivity contribution in [2.24, 2.45) is 5.92 Å². The summed E-state index contributed by atoms with van der Waals surface area (Å²) in [5, 5.41) is 5.13. The van der Waals surface area contributed by atoms with Crippen LogP contribution in [0.5, 0.6) is 5.75 Å². The monoisotopic (exact) mass is 439 g/mol. The number of nitrogens with one attached hydrogen (secondary N) is 1. The summed E-state index contributed by atoms with van der Waals surface area (Å²) in [4.78, 5) is 20.6. The number of methoxy groups -OCH3 is 1. The van der Waals surface area contributed by atoms with Gasteiger partial charge in [-0.15, -0.1) is 11.3 Å². The minimum atomic E-state index is -0.0177. The Morgan fingerprint density at radius 1 is 1.32 bits per heavy atom. The predicted molar refractivity (Wildman–Crippen MR) is 122 cm³/mol. The Kier molecular flexibility index (Phi) is 6.73. The second-order valence-electron chi connectivity index (χ2n) is 8.08. The molecule has 1 N–H and O–H groups in total. The number of piperidine rings is 1. The molecule has 2 unspecified atom stereocenters. The van der Waals surface area contributed by atoms with Crippen LogP contribution in [-0.2, 0) is 11.2 Å². The van der Waals surface area contributed by atoms with Gasteiger partial charge in [-0.3, -0.25) is 9.69 Å². The number of ether oxygens (including phenoxy) is 1. The molecule has 6 nitrogen and oxygen atoms in total. The van der Waals surface area contributed by atoms with E-state index in [0.29, 0.717) is 29.8 Å². The molecule has 1 aromatic carbocycles. The smallest absolute Gasteiger partial charge is 0.236 e. The molecule has 164 valence electrons. The summed E-state index contributed by atoms with van der Waals surface area (Å²) in [6.45, 7) is 3.57. The van der Waals surface area contributed by atoms with Gasteiger partial charge in [0, 0.05) is 12.6 Å². The number of carbonyl (C=O) groups is 1. The molecule has 0 radical (unpaired) electrons. The van der Waals surface area contributed by atoms with Crippen LogP contribution in [0.2, 0.25) is 0 Å². The lowest BCUT2D eigenvalue weighted by Crippen LogP contribution is -2.42. The van der Waals surface area contributed by atoms with E-state index >= 15 is 0 Å². The first-order valence-corrected chi connectivity index (χ1v) is 11.5. The number of oxazole rings is 1. The highest BCUT2D eigenvalue weighted by Gasteiger charge is 2.30. The largest absolute Gasteiger partial charge is 0.497 e. The second kappa shape index (κ2) is 9.66. The fraction of sp³-hybridized carbons (Fsp3) is 0.417. The van der Waals surface area contributed by atoms with Crippen LogP contribution in [0.1, 0.15) is 35.9 Å². The van der Waals surface area contributed by atoms with E-state index in [4.69, 9.17) is 9.15 Å². The average Bonchev–Trinajstić information content (AvgIpc) is 3.43. The highest BCUT2D eigenvalue weighted by Crippen LogP contribution is 2.35. The number of hydrogen-bond acceptors (Lipinski definition) is 6. The molecule has 0 spiro atoms. The van der Waals surface area contributed by atoms with E-state index in [0.717, 1.165) is 30.0 Å². The number of carbonyl (C=O) groups excluding carboxylic acids is 1. The molecule has 1 aliphatic heterocycles. The highest BCUT2D eigenvalue weighted by molar-refractivity contribution is 7.13. The molecule has 31 heavy (non-hydrogen) atoms. The third-order valence-corrected chi connectivity index (χ3v) is 6.84. The number of thiophene rings is 1. The first kappa shape index (κ1) is 21.6. The number of aromatic nitrogens is 1. The van der Waals surface area contributed by atoms with Crippen molar-refractivity contribution >= 4 is 17.2 Å². The zero-order chi connectivity index (χ0) is 21.8. The number of benzene rings is 1. The van der Waals surface area contributed by atoms with E-state index in [2.05, 4.69) is 34.4 Å². The fourth-order valence-corrected chi connectivity index (χ4v) is 5.01. The second-order valence-corrected chi connectivity index (χ2v) is 9.03. The summed E-state index contributed by atoms with van der Waals surface area (Å²) in [5.41, 5.74) is 1.96. The van der Waals surface area contributed by atoms with Gasteiger partial charge in [0.05, 0.1) is 24.1 Å². The maximum Gasteiger partial charge on any atom is 0.236 e. The summed E-state index contributed by atoms with van der Waals surface area (Å²) in [6, 6.07) is 12.5. The highest BCUT2D eigenvalue weighted by atomic mass is 32.1. The third kappa shape index (κ3) is 4.99. The number of rotatable bonds is 7. The van der Waals surface area contributed by atoms with Crippen LogP contribution in [0.4, 0.5) is 0 Å². The average molecular weight is 440 g/mol. The molecule has 0 saturated carbocycles. The summed E-state index contributed by atoms with van der Waals surface area (Å²) >= 11 is 1.58. The van der Waals surface area contributed by atoms with Crippen molar-refractivity contribution in [3.05, 3.63) is 58.8 Å². The van der Waals surface area contributed by atoms with Crippen molar-refractivity contribution in [3.63, 3.8) is 0 Å². The van der Waals surface area contributed by atoms with Crippen molar-refractivity contribution in [1.82, 2.24) is 15.2 Å². The SMILES string of the molecule is COc1ccc(C2C(CNC(=O)Cc3nc(-c4cccs4)oc3C)CCCN2C)cc1. The normalized spacial score (nSPS) is 19.3. The van der Waals surface area contributed by atoms with Gasteiger partial charge < -0.3 is 14.5 Å². The van der Waals surface area contributed by atoms with Crippen LogP contribution in [0, 0.1) is 12.8 Å². The molecule has 2 aromatic heterocycles. The number of amides is 1. The maximum absolute atomic E-state index is 12.7. The van der Waals surface area contributed by atoms with Crippen molar-refractivity contribution < 1.29 is 13.9 Å². The maximum atomic E-state index is 12.7. The van der Waals surface area contributed by atoms with Gasteiger partial charge in [0.25, 0.3) is 0 Å². The Morgan fingerprint density at radius 2 is 2.13 bits per heavy atom. The van der Waals surface area contributed by atoms with Crippen molar-refractivity contribution in [2.45, 2.75) is 32.2 Å². The van der Waals surface area contributed by atoms with E-state index in [1.54, 1.807) is 18.4 Å². The summed E-state index contributed by atoms with van der Waals surface area (Å²) in [6.07, 6.45) is 2.46. The molecule has 3 heterocycles. The van der Waals surface area contributed by atoms with E-state index in [1.807, 2.05) is 36.6 Å². The first-order chi connectivity index (χ1) is 15.0. The molecule has 4 rings (SSSR count). The van der Waals surface area contributed by atoms with Gasteiger partial charge in [-0.1, -0.05) is 18.2 Å². The minimum absolute atomic E-state index is 0.0177. The van der Waals surface area contributed by atoms with Gasteiger partial charge in [-0.2, -0.15) is 0 Å². The Labute approximate surface area is 187 Å². The number of aryl methyl sites for hydroxylation is 1. The van der Waals surface area contributed by atoms with E-state index in [1.165, 1.54) is 5.56 Å². The number of hydrogen-bond donors (Lipinski definition) is 1. The fourth-order valence-electron chi connectivity index (χ4n) is 4.36. The zero-order valence-corrected chi connectivity index (χ0v) is 19.1. The van der Waals surface area contributed by atoms with E-state index in [-0.39, 0.29) is 18.4 Å². The molecule has 1 saturated heterocycles. The Morgan fingerprint density at radius 3 is 2.84 bits per heavy atom. The Bertz CT molecular complexity index is 998. The molecule has 1 amide bonds. The lowest BCUT2D eigenvalue weighted by molar-refractivity contribution is -0.120. The number of nitrogens with zero attached hydrogens (tertiary/aromatic N) is 2. The topological polar surface area (TPSA) is 67.6 Å². The summed E-state index contributed by atoms with van der Waals surface area (Å²) in [5.74, 6) is 2.49. The van der Waals surface area contributed by atoms with Crippen LogP contribution >= 0.6 is 11.3 Å². The van der Waals surface area contributed by atoms with Gasteiger partial charge in [-0.05, 0) is 68.4 Å². The molecule has 0 bridgehead atoms. The van der Waals surface area contributed by atoms with E-state index in [9.17, 15) is 4.79 Å². The Balaban J connectivity index is 1.39. The predicted octanol–water partition coefficient (Wildman–Crippen LogP) is 4.46. The van der Waals surface area contributed by atoms with Crippen LogP contribution in [-0.4, -0.2) is 43.0 Å². The van der Waals surface area contributed by atoms with Gasteiger partial charge in [-0.25, -0.2) is 4.98 Å². The van der Waals surface area contributed by atoms with Gasteiger partial charge in [0.1, 0.15) is 11.5 Å². The van der Waals surface area contributed by atoms with Crippen molar-refractivity contribution in [2.75, 3.05) is 27.2 Å². The minimum Gasteiger partial charge on any atom is -0.497 e. The lowest BCUT2D eigenvalue weighted by Gasteiger charge is -2.39. The first-order valence-electron chi connectivity index (χ1n) is 10.7. The molecule has 1 fully saturated rings. The molecule has 0 aliphatic carbocycles. The van der Waals surface area contributed by atoms with Crippen LogP contribution in [0.3, 0.4) is 0 Å².